The second kappa shape index (κ2) is 11.2. The van der Waals surface area contributed by atoms with Crippen LogP contribution in [0.1, 0.15) is 30.7 Å². The van der Waals surface area contributed by atoms with Crippen LogP contribution in [0.2, 0.25) is 5.02 Å². The normalized spacial score (nSPS) is 13.4. The van der Waals surface area contributed by atoms with Crippen molar-refractivity contribution < 1.29 is 31.5 Å². The molecule has 0 saturated carbocycles. The van der Waals surface area contributed by atoms with Crippen molar-refractivity contribution in [3.8, 4) is 11.8 Å². The van der Waals surface area contributed by atoms with Crippen LogP contribution in [0.15, 0.2) is 66.9 Å². The number of nitrogens with one attached hydrogen (secondary N) is 2. The molecular weight excluding hydrogens is 531 g/mol. The van der Waals surface area contributed by atoms with Gasteiger partial charge in [0.1, 0.15) is 22.6 Å². The number of rotatable bonds is 9. The van der Waals surface area contributed by atoms with E-state index in [-0.39, 0.29) is 22.7 Å². The van der Waals surface area contributed by atoms with Gasteiger partial charge in [-0.05, 0) is 49.2 Å². The first kappa shape index (κ1) is 28.7. The molecule has 0 bridgehead atoms. The lowest BCUT2D eigenvalue weighted by atomic mass is 9.80. The zero-order valence-corrected chi connectivity index (χ0v) is 20.9. The monoisotopic (exact) mass is 552 g/mol. The fraction of sp³-hybridized carbons (Fsp3) is 0.269. The topological polar surface area (TPSA) is 87.0 Å². The van der Waals surface area contributed by atoms with Gasteiger partial charge in [-0.3, -0.25) is 4.98 Å². The number of pyridine rings is 1. The summed E-state index contributed by atoms with van der Waals surface area (Å²) in [5, 5.41) is 14.8. The molecule has 2 amide bonds. The molecule has 1 heterocycles. The number of aromatic nitrogens is 1. The number of halogens is 6. The van der Waals surface area contributed by atoms with Crippen LogP contribution in [-0.4, -0.2) is 29.1 Å². The molecule has 12 heteroatoms. The van der Waals surface area contributed by atoms with E-state index < -0.39 is 41.2 Å². The zero-order chi connectivity index (χ0) is 28.1. The average molecular weight is 553 g/mol. The molecule has 0 aliphatic rings. The minimum Gasteiger partial charge on any atom is -0.428 e. The highest BCUT2D eigenvalue weighted by Gasteiger charge is 2.45. The smallest absolute Gasteiger partial charge is 0.428 e. The number of carbonyl (C=O) groups is 1. The molecule has 3 aromatic rings. The highest BCUT2D eigenvalue weighted by Crippen LogP contribution is 2.37. The molecule has 6 nitrogen and oxygen atoms in total. The average Bonchev–Trinajstić information content (AvgIpc) is 2.83. The Morgan fingerprint density at radius 2 is 1.79 bits per heavy atom. The fourth-order valence-corrected chi connectivity index (χ4v) is 3.77. The van der Waals surface area contributed by atoms with E-state index in [1.807, 2.05) is 6.07 Å². The molecule has 0 radical (unpaired) electrons. The van der Waals surface area contributed by atoms with Gasteiger partial charge in [0.2, 0.25) is 0 Å². The van der Waals surface area contributed by atoms with Gasteiger partial charge in [-0.15, -0.1) is 0 Å². The maximum absolute atomic E-state index is 14.8. The summed E-state index contributed by atoms with van der Waals surface area (Å²) >= 11 is 6.00. The summed E-state index contributed by atoms with van der Waals surface area (Å²) in [6.07, 6.45) is -7.93. The number of ether oxygens (including phenoxy) is 1. The number of nitrogens with zero attached hydrogens (tertiary/aromatic N) is 2. The lowest BCUT2D eigenvalue weighted by molar-refractivity contribution is -0.253. The molecule has 0 aliphatic carbocycles. The van der Waals surface area contributed by atoms with Gasteiger partial charge in [-0.2, -0.15) is 22.8 Å². The van der Waals surface area contributed by atoms with Gasteiger partial charge in [0.25, 0.3) is 0 Å². The third-order valence-electron chi connectivity index (χ3n) is 5.38. The number of nitriles is 1. The van der Waals surface area contributed by atoms with Crippen molar-refractivity contribution in [2.45, 2.75) is 43.9 Å². The number of urea groups is 1. The molecule has 2 N–H and O–H groups in total. The summed E-state index contributed by atoms with van der Waals surface area (Å²) in [5.41, 5.74) is -2.55. The highest BCUT2D eigenvalue weighted by molar-refractivity contribution is 6.30. The molecule has 2 aromatic carbocycles. The van der Waals surface area contributed by atoms with E-state index in [0.29, 0.717) is 11.6 Å². The van der Waals surface area contributed by atoms with Gasteiger partial charge < -0.3 is 15.4 Å². The van der Waals surface area contributed by atoms with E-state index in [9.17, 15) is 32.0 Å². The SMILES string of the molecule is CC(C)(C#N)NC(=O)N[C@@](Cc1ccccc1)(c1cc(F)cc(OC(F)(F)C(F)F)c1)c1ccc(Cl)cn1. The van der Waals surface area contributed by atoms with Crippen LogP contribution in [0.25, 0.3) is 0 Å². The first-order valence-electron chi connectivity index (χ1n) is 11.1. The van der Waals surface area contributed by atoms with Crippen molar-refractivity contribution in [1.82, 2.24) is 15.6 Å². The zero-order valence-electron chi connectivity index (χ0n) is 20.1. The summed E-state index contributed by atoms with van der Waals surface area (Å²) in [5.74, 6) is -2.01. The maximum Gasteiger partial charge on any atom is 0.461 e. The third-order valence-corrected chi connectivity index (χ3v) is 5.60. The van der Waals surface area contributed by atoms with Crippen molar-refractivity contribution >= 4 is 17.6 Å². The van der Waals surface area contributed by atoms with Crippen molar-refractivity contribution in [2.24, 2.45) is 0 Å². The van der Waals surface area contributed by atoms with Gasteiger partial charge in [-0.25, -0.2) is 9.18 Å². The Bertz CT molecular complexity index is 1320. The molecule has 0 saturated heterocycles. The number of benzene rings is 2. The van der Waals surface area contributed by atoms with E-state index in [2.05, 4.69) is 20.4 Å². The van der Waals surface area contributed by atoms with Crippen molar-refractivity contribution in [3.05, 3.63) is 94.5 Å². The van der Waals surface area contributed by atoms with Crippen LogP contribution in [0.4, 0.5) is 26.7 Å². The number of hydrogen-bond acceptors (Lipinski definition) is 4. The molecule has 1 aromatic heterocycles. The predicted octanol–water partition coefficient (Wildman–Crippen LogP) is 6.20. The molecule has 0 fully saturated rings. The predicted molar refractivity (Wildman–Crippen MR) is 130 cm³/mol. The van der Waals surface area contributed by atoms with Gasteiger partial charge in [-0.1, -0.05) is 41.9 Å². The minimum atomic E-state index is -4.91. The summed E-state index contributed by atoms with van der Waals surface area (Å²) in [6.45, 7) is 2.87. The van der Waals surface area contributed by atoms with Crippen molar-refractivity contribution in [1.29, 1.82) is 5.26 Å². The molecule has 0 unspecified atom stereocenters. The van der Waals surface area contributed by atoms with Gasteiger partial charge in [0.15, 0.2) is 0 Å². The van der Waals surface area contributed by atoms with Crippen LogP contribution >= 0.6 is 11.6 Å². The van der Waals surface area contributed by atoms with E-state index in [1.165, 1.54) is 32.2 Å². The Morgan fingerprint density at radius 1 is 1.11 bits per heavy atom. The number of hydrogen-bond donors (Lipinski definition) is 2. The van der Waals surface area contributed by atoms with E-state index >= 15 is 0 Å². The standard InChI is InChI=1S/C26H22ClF5N4O2/c1-24(2,15-33)35-23(37)36-25(13-16-6-4-3-5-7-16,21-9-8-18(27)14-34-21)17-10-19(28)12-20(11-17)38-26(31,32)22(29)30/h3-12,14,22H,13H2,1-2H3,(H2,35,36,37)/t25-/m0/s1. The molecule has 38 heavy (non-hydrogen) atoms. The summed E-state index contributed by atoms with van der Waals surface area (Å²) in [6, 6.07) is 14.8. The molecule has 0 aliphatic heterocycles. The first-order chi connectivity index (χ1) is 17.8. The quantitative estimate of drug-likeness (QED) is 0.310. The Kier molecular flexibility index (Phi) is 8.47. The number of carbonyl (C=O) groups excluding carboxylic acids is 1. The van der Waals surface area contributed by atoms with Crippen LogP contribution in [0, 0.1) is 17.1 Å². The van der Waals surface area contributed by atoms with Crippen LogP contribution in [0.3, 0.4) is 0 Å². The summed E-state index contributed by atoms with van der Waals surface area (Å²) in [4.78, 5) is 17.4. The molecule has 3 rings (SSSR count). The highest BCUT2D eigenvalue weighted by atomic mass is 35.5. The van der Waals surface area contributed by atoms with Crippen molar-refractivity contribution in [2.75, 3.05) is 0 Å². The van der Waals surface area contributed by atoms with Gasteiger partial charge >= 0.3 is 18.6 Å². The Labute approximate surface area is 220 Å². The largest absolute Gasteiger partial charge is 0.461 e. The van der Waals surface area contributed by atoms with E-state index in [4.69, 9.17) is 11.6 Å². The molecule has 200 valence electrons. The minimum absolute atomic E-state index is 0.100. The lowest BCUT2D eigenvalue weighted by Gasteiger charge is -2.36. The van der Waals surface area contributed by atoms with Crippen molar-refractivity contribution in [3.63, 3.8) is 0 Å². The third kappa shape index (κ3) is 6.89. The van der Waals surface area contributed by atoms with Gasteiger partial charge in [0, 0.05) is 18.7 Å². The first-order valence-corrected chi connectivity index (χ1v) is 11.5. The van der Waals surface area contributed by atoms with E-state index in [0.717, 1.165) is 12.1 Å². The molecule has 1 atom stereocenters. The second-order valence-corrected chi connectivity index (χ2v) is 9.32. The van der Waals surface area contributed by atoms with Crippen LogP contribution in [0.5, 0.6) is 5.75 Å². The molecular formula is C26H22ClF5N4O2. The lowest BCUT2D eigenvalue weighted by Crippen LogP contribution is -2.56. The van der Waals surface area contributed by atoms with Crippen LogP contribution < -0.4 is 15.4 Å². The summed E-state index contributed by atoms with van der Waals surface area (Å²) in [7, 11) is 0. The fourth-order valence-electron chi connectivity index (χ4n) is 3.66. The molecule has 0 spiro atoms. The van der Waals surface area contributed by atoms with Crippen LogP contribution in [-0.2, 0) is 12.0 Å². The number of alkyl halides is 4. The van der Waals surface area contributed by atoms with E-state index in [1.54, 1.807) is 30.3 Å². The maximum atomic E-state index is 14.8. The Hall–Kier alpha value is -3.91. The second-order valence-electron chi connectivity index (χ2n) is 8.89. The number of amides is 2. The Morgan fingerprint density at radius 3 is 2.37 bits per heavy atom. The Balaban J connectivity index is 2.26. The summed E-state index contributed by atoms with van der Waals surface area (Å²) < 4.78 is 72.0. The van der Waals surface area contributed by atoms with Gasteiger partial charge in [0.05, 0.1) is 16.8 Å².